The molecule has 3 aromatic rings. The monoisotopic (exact) mass is 472 g/mol. The smallest absolute Gasteiger partial charge is 0.269 e. The molecule has 4 N–H and O–H groups in total. The van der Waals surface area contributed by atoms with E-state index in [0.717, 1.165) is 0 Å². The van der Waals surface area contributed by atoms with Crippen molar-refractivity contribution >= 4 is 29.3 Å². The molecule has 180 valence electrons. The van der Waals surface area contributed by atoms with Gasteiger partial charge in [-0.3, -0.25) is 30.0 Å². The van der Waals surface area contributed by atoms with Crippen LogP contribution in [0.3, 0.4) is 0 Å². The van der Waals surface area contributed by atoms with Crippen LogP contribution >= 0.6 is 0 Å². The molecule has 0 unspecified atom stereocenters. The van der Waals surface area contributed by atoms with Gasteiger partial charge < -0.3 is 10.6 Å². The maximum Gasteiger partial charge on any atom is 0.269 e. The van der Waals surface area contributed by atoms with Crippen LogP contribution in [0.5, 0.6) is 0 Å². The first kappa shape index (κ1) is 25.2. The first-order valence-electron chi connectivity index (χ1n) is 11.3. The number of para-hydroxylation sites is 1. The van der Waals surface area contributed by atoms with E-state index in [9.17, 15) is 19.2 Å². The molecule has 0 aliphatic heterocycles. The van der Waals surface area contributed by atoms with Gasteiger partial charge in [-0.2, -0.15) is 0 Å². The van der Waals surface area contributed by atoms with E-state index in [1.54, 1.807) is 84.9 Å². The highest BCUT2D eigenvalue weighted by Crippen LogP contribution is 2.18. The molecule has 3 rings (SSSR count). The van der Waals surface area contributed by atoms with Crippen molar-refractivity contribution in [3.8, 4) is 0 Å². The number of hydrogen-bond acceptors (Lipinski definition) is 4. The van der Waals surface area contributed by atoms with E-state index in [0.29, 0.717) is 23.2 Å². The van der Waals surface area contributed by atoms with Crippen molar-refractivity contribution in [3.05, 3.63) is 102 Å². The molecule has 0 heterocycles. The summed E-state index contributed by atoms with van der Waals surface area (Å²) < 4.78 is 0. The highest BCUT2D eigenvalue weighted by Gasteiger charge is 2.27. The molecule has 35 heavy (non-hydrogen) atoms. The van der Waals surface area contributed by atoms with Gasteiger partial charge in [0.05, 0.1) is 11.3 Å². The lowest BCUT2D eigenvalue weighted by Crippen LogP contribution is -2.54. The standard InChI is InChI=1S/C27H28N4O4/c1-3-18(2)23(27(35)31-30-25(33)20-14-8-5-9-15-20)29-26(34)21-16-10-11-17-22(21)28-24(32)19-12-6-4-7-13-19/h4-18,23H,3H2,1-2H3,(H,28,32)(H,29,34)(H,30,33)(H,31,35)/t18-,23+/m1/s1. The number of anilines is 1. The minimum Gasteiger partial charge on any atom is -0.340 e. The number of carbonyl (C=O) groups is 4. The van der Waals surface area contributed by atoms with Crippen molar-refractivity contribution in [1.29, 1.82) is 0 Å². The first-order chi connectivity index (χ1) is 16.9. The van der Waals surface area contributed by atoms with Gasteiger partial charge >= 0.3 is 0 Å². The SMILES string of the molecule is CC[C@@H](C)[C@H](NC(=O)c1ccccc1NC(=O)c1ccccc1)C(=O)NNC(=O)c1ccccc1. The lowest BCUT2D eigenvalue weighted by Gasteiger charge is -2.24. The molecule has 0 saturated heterocycles. The zero-order valence-electron chi connectivity index (χ0n) is 19.6. The largest absolute Gasteiger partial charge is 0.340 e. The molecular formula is C27H28N4O4. The molecule has 0 saturated carbocycles. The van der Waals surface area contributed by atoms with Crippen LogP contribution in [-0.4, -0.2) is 29.7 Å². The van der Waals surface area contributed by atoms with Crippen LogP contribution in [0.25, 0.3) is 0 Å². The van der Waals surface area contributed by atoms with Gasteiger partial charge in [-0.25, -0.2) is 0 Å². The molecule has 0 spiro atoms. The molecule has 4 amide bonds. The minimum atomic E-state index is -0.915. The van der Waals surface area contributed by atoms with Gasteiger partial charge in [0.25, 0.3) is 23.6 Å². The zero-order chi connectivity index (χ0) is 25.2. The predicted octanol–water partition coefficient (Wildman–Crippen LogP) is 3.54. The van der Waals surface area contributed by atoms with Crippen LogP contribution in [0.15, 0.2) is 84.9 Å². The Morgan fingerprint density at radius 1 is 0.686 bits per heavy atom. The Kier molecular flexibility index (Phi) is 8.72. The summed E-state index contributed by atoms with van der Waals surface area (Å²) in [7, 11) is 0. The Morgan fingerprint density at radius 3 is 1.83 bits per heavy atom. The van der Waals surface area contributed by atoms with E-state index in [1.165, 1.54) is 0 Å². The minimum absolute atomic E-state index is 0.214. The molecule has 2 atom stereocenters. The number of hydrazine groups is 1. The van der Waals surface area contributed by atoms with Crippen LogP contribution in [0, 0.1) is 5.92 Å². The Labute approximate surface area is 204 Å². The Hall–Kier alpha value is -4.46. The van der Waals surface area contributed by atoms with Crippen LogP contribution in [-0.2, 0) is 4.79 Å². The average molecular weight is 473 g/mol. The van der Waals surface area contributed by atoms with E-state index >= 15 is 0 Å². The highest BCUT2D eigenvalue weighted by molar-refractivity contribution is 6.09. The molecule has 0 bridgehead atoms. The Balaban J connectivity index is 1.71. The quantitative estimate of drug-likeness (QED) is 0.375. The lowest BCUT2D eigenvalue weighted by atomic mass is 9.98. The molecule has 0 aliphatic carbocycles. The summed E-state index contributed by atoms with van der Waals surface area (Å²) >= 11 is 0. The van der Waals surface area contributed by atoms with Crippen molar-refractivity contribution in [2.24, 2.45) is 5.92 Å². The van der Waals surface area contributed by atoms with Gasteiger partial charge in [-0.15, -0.1) is 0 Å². The van der Waals surface area contributed by atoms with Crippen LogP contribution in [0.4, 0.5) is 5.69 Å². The van der Waals surface area contributed by atoms with Gasteiger partial charge in [-0.05, 0) is 42.3 Å². The number of hydrogen-bond donors (Lipinski definition) is 4. The molecule has 3 aromatic carbocycles. The summed E-state index contributed by atoms with van der Waals surface area (Å²) in [5.41, 5.74) is 6.15. The molecule has 0 radical (unpaired) electrons. The van der Waals surface area contributed by atoms with Gasteiger partial charge in [-0.1, -0.05) is 68.8 Å². The number of rotatable bonds is 8. The summed E-state index contributed by atoms with van der Waals surface area (Å²) in [4.78, 5) is 50.9. The molecule has 0 fully saturated rings. The fourth-order valence-corrected chi connectivity index (χ4v) is 3.35. The zero-order valence-corrected chi connectivity index (χ0v) is 19.6. The summed E-state index contributed by atoms with van der Waals surface area (Å²) in [6, 6.07) is 22.8. The first-order valence-corrected chi connectivity index (χ1v) is 11.3. The summed E-state index contributed by atoms with van der Waals surface area (Å²) in [6.45, 7) is 3.72. The molecule has 0 aliphatic rings. The topological polar surface area (TPSA) is 116 Å². The number of nitrogens with one attached hydrogen (secondary N) is 4. The van der Waals surface area contributed by atoms with E-state index in [1.807, 2.05) is 13.8 Å². The van der Waals surface area contributed by atoms with Crippen molar-refractivity contribution in [3.63, 3.8) is 0 Å². The second kappa shape index (κ2) is 12.1. The molecule has 8 heteroatoms. The number of carbonyl (C=O) groups excluding carboxylic acids is 4. The van der Waals surface area contributed by atoms with E-state index < -0.39 is 23.8 Å². The second-order valence-corrected chi connectivity index (χ2v) is 8.01. The summed E-state index contributed by atoms with van der Waals surface area (Å²) in [6.07, 6.45) is 0.609. The highest BCUT2D eigenvalue weighted by atomic mass is 16.2. The van der Waals surface area contributed by atoms with Gasteiger partial charge in [0.1, 0.15) is 6.04 Å². The van der Waals surface area contributed by atoms with Crippen molar-refractivity contribution in [2.45, 2.75) is 26.3 Å². The average Bonchev–Trinajstić information content (AvgIpc) is 2.90. The summed E-state index contributed by atoms with van der Waals surface area (Å²) in [5.74, 6) is -2.13. The van der Waals surface area contributed by atoms with E-state index in [4.69, 9.17) is 0 Å². The van der Waals surface area contributed by atoms with Gasteiger partial charge in [0, 0.05) is 11.1 Å². The van der Waals surface area contributed by atoms with Gasteiger partial charge in [0.15, 0.2) is 0 Å². The maximum absolute atomic E-state index is 13.1. The lowest BCUT2D eigenvalue weighted by molar-refractivity contribution is -0.124. The Bertz CT molecular complexity index is 1180. The van der Waals surface area contributed by atoms with Crippen LogP contribution in [0.2, 0.25) is 0 Å². The van der Waals surface area contributed by atoms with Crippen LogP contribution in [0.1, 0.15) is 51.3 Å². The number of benzene rings is 3. The third-order valence-corrected chi connectivity index (χ3v) is 5.57. The van der Waals surface area contributed by atoms with Crippen molar-refractivity contribution in [2.75, 3.05) is 5.32 Å². The predicted molar refractivity (Wildman–Crippen MR) is 134 cm³/mol. The van der Waals surface area contributed by atoms with E-state index in [2.05, 4.69) is 21.5 Å². The normalized spacial score (nSPS) is 12.1. The summed E-state index contributed by atoms with van der Waals surface area (Å²) in [5, 5.41) is 5.50. The van der Waals surface area contributed by atoms with Crippen LogP contribution < -0.4 is 21.5 Å². The maximum atomic E-state index is 13.1. The fourth-order valence-electron chi connectivity index (χ4n) is 3.35. The molecule has 8 nitrogen and oxygen atoms in total. The fraction of sp³-hybridized carbons (Fsp3) is 0.185. The molecule has 0 aromatic heterocycles. The third-order valence-electron chi connectivity index (χ3n) is 5.57. The van der Waals surface area contributed by atoms with Crippen molar-refractivity contribution in [1.82, 2.24) is 16.2 Å². The second-order valence-electron chi connectivity index (χ2n) is 8.01. The number of amides is 4. The van der Waals surface area contributed by atoms with Gasteiger partial charge in [0.2, 0.25) is 0 Å². The van der Waals surface area contributed by atoms with E-state index in [-0.39, 0.29) is 17.4 Å². The van der Waals surface area contributed by atoms with Crippen molar-refractivity contribution < 1.29 is 19.2 Å². The molecular weight excluding hydrogens is 444 g/mol. The Morgan fingerprint density at radius 2 is 1.23 bits per heavy atom. The third kappa shape index (κ3) is 6.77.